The van der Waals surface area contributed by atoms with Gasteiger partial charge in [-0.05, 0) is 42.6 Å². The van der Waals surface area contributed by atoms with Crippen LogP contribution in [0.25, 0.3) is 0 Å². The van der Waals surface area contributed by atoms with Crippen molar-refractivity contribution in [3.05, 3.63) is 59.0 Å². The second kappa shape index (κ2) is 7.18. The van der Waals surface area contributed by atoms with E-state index >= 15 is 0 Å². The minimum absolute atomic E-state index is 0.143. The number of likely N-dealkylation sites (N-methyl/N-ethyl adjacent to an activating group) is 1. The maximum atomic E-state index is 13.4. The number of methoxy groups -OCH3 is 1. The number of hydrogen-bond acceptors (Lipinski definition) is 3. The fourth-order valence-corrected chi connectivity index (χ4v) is 2.33. The molecule has 0 aliphatic rings. The molecule has 4 heteroatoms. The molecule has 1 atom stereocenters. The Morgan fingerprint density at radius 2 is 2.10 bits per heavy atom. The zero-order valence-corrected chi connectivity index (χ0v) is 12.7. The van der Waals surface area contributed by atoms with E-state index < -0.39 is 0 Å². The first-order valence-electron chi connectivity index (χ1n) is 7.12. The van der Waals surface area contributed by atoms with E-state index in [9.17, 15) is 4.39 Å². The molecule has 1 unspecified atom stereocenters. The average Bonchev–Trinajstić information content (AvgIpc) is 2.50. The van der Waals surface area contributed by atoms with Gasteiger partial charge >= 0.3 is 0 Å². The highest BCUT2D eigenvalue weighted by Crippen LogP contribution is 2.21. The predicted octanol–water partition coefficient (Wildman–Crippen LogP) is 3.43. The summed E-state index contributed by atoms with van der Waals surface area (Å²) >= 11 is 0. The summed E-state index contributed by atoms with van der Waals surface area (Å²) in [6, 6.07) is 9.28. The molecule has 0 radical (unpaired) electrons. The Morgan fingerprint density at radius 1 is 1.29 bits per heavy atom. The quantitative estimate of drug-likeness (QED) is 0.884. The molecule has 1 aromatic carbocycles. The van der Waals surface area contributed by atoms with Gasteiger partial charge in [-0.25, -0.2) is 9.37 Å². The summed E-state index contributed by atoms with van der Waals surface area (Å²) in [5.74, 6) is 0.441. The fourth-order valence-electron chi connectivity index (χ4n) is 2.33. The molecule has 2 aromatic rings. The normalized spacial score (nSPS) is 12.2. The predicted molar refractivity (Wildman–Crippen MR) is 82.0 cm³/mol. The van der Waals surface area contributed by atoms with Gasteiger partial charge in [-0.15, -0.1) is 0 Å². The molecule has 0 amide bonds. The second-order valence-corrected chi connectivity index (χ2v) is 5.03. The first-order chi connectivity index (χ1) is 10.1. The lowest BCUT2D eigenvalue weighted by atomic mass is 9.98. The highest BCUT2D eigenvalue weighted by molar-refractivity contribution is 5.28. The Kier molecular flexibility index (Phi) is 5.28. The number of rotatable bonds is 6. The molecule has 2 rings (SSSR count). The molecule has 1 aromatic heterocycles. The van der Waals surface area contributed by atoms with Crippen LogP contribution in [0.15, 0.2) is 36.5 Å². The van der Waals surface area contributed by atoms with Crippen LogP contribution in [0, 0.1) is 12.7 Å². The van der Waals surface area contributed by atoms with Crippen LogP contribution < -0.4 is 10.1 Å². The standard InChI is InChI=1S/C17H21FN2O/c1-4-19-16(14-6-7-15(18)12(2)9-14)10-13-5-8-17(21-3)20-11-13/h5-9,11,16,19H,4,10H2,1-3H3. The van der Waals surface area contributed by atoms with Crippen molar-refractivity contribution in [1.29, 1.82) is 0 Å². The van der Waals surface area contributed by atoms with Crippen LogP contribution in [0.5, 0.6) is 5.88 Å². The zero-order valence-electron chi connectivity index (χ0n) is 12.7. The summed E-state index contributed by atoms with van der Waals surface area (Å²) in [6.45, 7) is 4.71. The van der Waals surface area contributed by atoms with E-state index in [1.54, 1.807) is 14.0 Å². The molecular formula is C17H21FN2O. The van der Waals surface area contributed by atoms with Gasteiger partial charge in [-0.3, -0.25) is 0 Å². The highest BCUT2D eigenvalue weighted by Gasteiger charge is 2.13. The Hall–Kier alpha value is -1.94. The van der Waals surface area contributed by atoms with Crippen molar-refractivity contribution < 1.29 is 9.13 Å². The van der Waals surface area contributed by atoms with Crippen LogP contribution in [0.2, 0.25) is 0 Å². The maximum absolute atomic E-state index is 13.4. The third-order valence-electron chi connectivity index (χ3n) is 3.48. The minimum Gasteiger partial charge on any atom is -0.481 e. The molecule has 0 aliphatic heterocycles. The first-order valence-corrected chi connectivity index (χ1v) is 7.12. The monoisotopic (exact) mass is 288 g/mol. The Labute approximate surface area is 125 Å². The van der Waals surface area contributed by atoms with Gasteiger partial charge in [0.25, 0.3) is 0 Å². The van der Waals surface area contributed by atoms with Crippen LogP contribution in [-0.4, -0.2) is 18.6 Å². The van der Waals surface area contributed by atoms with Crippen molar-refractivity contribution in [2.45, 2.75) is 26.3 Å². The summed E-state index contributed by atoms with van der Waals surface area (Å²) in [5, 5.41) is 3.44. The Balaban J connectivity index is 2.19. The third-order valence-corrected chi connectivity index (χ3v) is 3.48. The van der Waals surface area contributed by atoms with Crippen molar-refractivity contribution in [3.63, 3.8) is 0 Å². The second-order valence-electron chi connectivity index (χ2n) is 5.03. The third kappa shape index (κ3) is 4.02. The summed E-state index contributed by atoms with van der Waals surface area (Å²) in [6.07, 6.45) is 2.62. The molecule has 0 fully saturated rings. The zero-order chi connectivity index (χ0) is 15.2. The van der Waals surface area contributed by atoms with E-state index in [4.69, 9.17) is 4.74 Å². The lowest BCUT2D eigenvalue weighted by molar-refractivity contribution is 0.397. The smallest absolute Gasteiger partial charge is 0.212 e. The number of aryl methyl sites for hydroxylation is 1. The summed E-state index contributed by atoms with van der Waals surface area (Å²) < 4.78 is 18.5. The van der Waals surface area contributed by atoms with Crippen LogP contribution >= 0.6 is 0 Å². The molecule has 0 saturated heterocycles. The molecule has 0 aliphatic carbocycles. The van der Waals surface area contributed by atoms with E-state index in [-0.39, 0.29) is 11.9 Å². The lowest BCUT2D eigenvalue weighted by Crippen LogP contribution is -2.23. The van der Waals surface area contributed by atoms with Gasteiger partial charge in [0.2, 0.25) is 5.88 Å². The van der Waals surface area contributed by atoms with Crippen LogP contribution in [0.1, 0.15) is 29.7 Å². The number of benzene rings is 1. The van der Waals surface area contributed by atoms with Gasteiger partial charge < -0.3 is 10.1 Å². The summed E-state index contributed by atoms with van der Waals surface area (Å²) in [7, 11) is 1.60. The van der Waals surface area contributed by atoms with Crippen molar-refractivity contribution in [3.8, 4) is 5.88 Å². The van der Waals surface area contributed by atoms with Crippen molar-refractivity contribution in [1.82, 2.24) is 10.3 Å². The van der Waals surface area contributed by atoms with Crippen LogP contribution in [-0.2, 0) is 6.42 Å². The number of halogens is 1. The van der Waals surface area contributed by atoms with Crippen molar-refractivity contribution in [2.24, 2.45) is 0 Å². The van der Waals surface area contributed by atoms with Crippen LogP contribution in [0.3, 0.4) is 0 Å². The molecule has 0 saturated carbocycles. The van der Waals surface area contributed by atoms with Gasteiger partial charge in [0.15, 0.2) is 0 Å². The molecule has 1 N–H and O–H groups in total. The molecule has 3 nitrogen and oxygen atoms in total. The topological polar surface area (TPSA) is 34.1 Å². The molecule has 1 heterocycles. The number of nitrogens with zero attached hydrogens (tertiary/aromatic N) is 1. The van der Waals surface area contributed by atoms with E-state index in [1.807, 2.05) is 30.5 Å². The Morgan fingerprint density at radius 3 is 2.67 bits per heavy atom. The van der Waals surface area contributed by atoms with E-state index in [1.165, 1.54) is 6.07 Å². The summed E-state index contributed by atoms with van der Waals surface area (Å²) in [4.78, 5) is 4.23. The van der Waals surface area contributed by atoms with Crippen molar-refractivity contribution in [2.75, 3.05) is 13.7 Å². The molecule has 0 bridgehead atoms. The largest absolute Gasteiger partial charge is 0.481 e. The number of aromatic nitrogens is 1. The average molecular weight is 288 g/mol. The van der Waals surface area contributed by atoms with Gasteiger partial charge in [-0.2, -0.15) is 0 Å². The number of pyridine rings is 1. The first kappa shape index (κ1) is 15.4. The molecule has 21 heavy (non-hydrogen) atoms. The number of hydrogen-bond donors (Lipinski definition) is 1. The van der Waals surface area contributed by atoms with E-state index in [0.29, 0.717) is 11.4 Å². The summed E-state index contributed by atoms with van der Waals surface area (Å²) in [5.41, 5.74) is 2.87. The van der Waals surface area contributed by atoms with Gasteiger partial charge in [0.05, 0.1) is 7.11 Å². The number of nitrogens with one attached hydrogen (secondary N) is 1. The van der Waals surface area contributed by atoms with Gasteiger partial charge in [0.1, 0.15) is 5.82 Å². The molecule has 112 valence electrons. The van der Waals surface area contributed by atoms with Gasteiger partial charge in [0, 0.05) is 18.3 Å². The Bertz CT molecular complexity index is 584. The minimum atomic E-state index is -0.167. The molecule has 0 spiro atoms. The highest BCUT2D eigenvalue weighted by atomic mass is 19.1. The molecular weight excluding hydrogens is 267 g/mol. The van der Waals surface area contributed by atoms with Gasteiger partial charge in [-0.1, -0.05) is 25.1 Å². The van der Waals surface area contributed by atoms with Crippen LogP contribution in [0.4, 0.5) is 4.39 Å². The SMILES string of the molecule is CCNC(Cc1ccc(OC)nc1)c1ccc(F)c(C)c1. The van der Waals surface area contributed by atoms with E-state index in [2.05, 4.69) is 17.2 Å². The van der Waals surface area contributed by atoms with E-state index in [0.717, 1.165) is 24.1 Å². The maximum Gasteiger partial charge on any atom is 0.212 e. The van der Waals surface area contributed by atoms with Crippen molar-refractivity contribution >= 4 is 0 Å². The number of ether oxygens (including phenoxy) is 1. The fraction of sp³-hybridized carbons (Fsp3) is 0.353. The lowest BCUT2D eigenvalue weighted by Gasteiger charge is -2.19.